The standard InChI is InChI=1S/C23H25N3O/c1-4-16-10-7-9-13-20(16)25-22(27)26-21-18-12-8-6-11-17(18)14-23(3,5-2)19(21)15-24/h6-13H,4-5,14H2,1-3H3,(H2,25,26,27)/t23-/m1/s1. The Morgan fingerprint density at radius 1 is 1.11 bits per heavy atom. The normalized spacial score (nSPS) is 18.4. The lowest BCUT2D eigenvalue weighted by Gasteiger charge is -2.35. The number of carbonyl (C=O) groups is 1. The molecule has 27 heavy (non-hydrogen) atoms. The number of para-hydroxylation sites is 1. The average molecular weight is 359 g/mol. The summed E-state index contributed by atoms with van der Waals surface area (Å²) in [7, 11) is 0. The first-order chi connectivity index (χ1) is 13.0. The van der Waals surface area contributed by atoms with Crippen LogP contribution in [0.2, 0.25) is 0 Å². The number of nitrogens with one attached hydrogen (secondary N) is 2. The second-order valence-electron chi connectivity index (χ2n) is 7.20. The van der Waals surface area contributed by atoms with Crippen LogP contribution in [0.1, 0.15) is 43.9 Å². The molecule has 4 heteroatoms. The highest BCUT2D eigenvalue weighted by molar-refractivity contribution is 5.97. The predicted molar refractivity (Wildman–Crippen MR) is 109 cm³/mol. The largest absolute Gasteiger partial charge is 0.323 e. The van der Waals surface area contributed by atoms with Crippen molar-refractivity contribution in [2.75, 3.05) is 5.32 Å². The van der Waals surface area contributed by atoms with Crippen molar-refractivity contribution >= 4 is 17.4 Å². The summed E-state index contributed by atoms with van der Waals surface area (Å²) in [6, 6.07) is 17.8. The second kappa shape index (κ2) is 7.67. The van der Waals surface area contributed by atoms with Gasteiger partial charge >= 0.3 is 6.03 Å². The first-order valence-electron chi connectivity index (χ1n) is 9.41. The number of hydrogen-bond donors (Lipinski definition) is 2. The van der Waals surface area contributed by atoms with Crippen molar-refractivity contribution in [3.05, 3.63) is 70.8 Å². The highest BCUT2D eigenvalue weighted by Gasteiger charge is 2.36. The van der Waals surface area contributed by atoms with Crippen LogP contribution < -0.4 is 10.6 Å². The number of aryl methyl sites for hydroxylation is 1. The van der Waals surface area contributed by atoms with Gasteiger partial charge in [-0.2, -0.15) is 5.26 Å². The molecule has 2 amide bonds. The van der Waals surface area contributed by atoms with Gasteiger partial charge in [-0.15, -0.1) is 0 Å². The lowest BCUT2D eigenvalue weighted by molar-refractivity contribution is 0.255. The molecular weight excluding hydrogens is 334 g/mol. The zero-order chi connectivity index (χ0) is 19.4. The van der Waals surface area contributed by atoms with Crippen LogP contribution in [0.3, 0.4) is 0 Å². The van der Waals surface area contributed by atoms with Crippen molar-refractivity contribution in [1.82, 2.24) is 5.32 Å². The van der Waals surface area contributed by atoms with Gasteiger partial charge in [-0.25, -0.2) is 4.79 Å². The van der Waals surface area contributed by atoms with Crippen LogP contribution in [-0.2, 0) is 12.8 Å². The summed E-state index contributed by atoms with van der Waals surface area (Å²) < 4.78 is 0. The zero-order valence-corrected chi connectivity index (χ0v) is 16.1. The van der Waals surface area contributed by atoms with Crippen LogP contribution in [0.5, 0.6) is 0 Å². The topological polar surface area (TPSA) is 64.9 Å². The molecule has 4 nitrogen and oxygen atoms in total. The van der Waals surface area contributed by atoms with E-state index in [9.17, 15) is 10.1 Å². The fourth-order valence-electron chi connectivity index (χ4n) is 3.70. The molecule has 0 saturated heterocycles. The van der Waals surface area contributed by atoms with E-state index in [1.165, 1.54) is 0 Å². The van der Waals surface area contributed by atoms with Gasteiger partial charge in [-0.05, 0) is 36.5 Å². The molecule has 3 rings (SSSR count). The summed E-state index contributed by atoms with van der Waals surface area (Å²) in [6.07, 6.45) is 2.46. The van der Waals surface area contributed by atoms with Crippen molar-refractivity contribution in [2.24, 2.45) is 5.41 Å². The third kappa shape index (κ3) is 3.59. The molecule has 2 aromatic rings. The fraction of sp³-hybridized carbons (Fsp3) is 0.304. The molecule has 138 valence electrons. The van der Waals surface area contributed by atoms with Gasteiger partial charge in [-0.3, -0.25) is 0 Å². The summed E-state index contributed by atoms with van der Waals surface area (Å²) in [5.74, 6) is 0. The van der Waals surface area contributed by atoms with E-state index in [0.717, 1.165) is 41.6 Å². The number of allylic oxidation sites excluding steroid dienone is 1. The van der Waals surface area contributed by atoms with Crippen LogP contribution in [0.25, 0.3) is 5.70 Å². The Morgan fingerprint density at radius 3 is 2.52 bits per heavy atom. The van der Waals surface area contributed by atoms with E-state index in [0.29, 0.717) is 11.3 Å². The highest BCUT2D eigenvalue weighted by Crippen LogP contribution is 2.43. The van der Waals surface area contributed by atoms with Crippen LogP contribution in [0, 0.1) is 16.7 Å². The monoisotopic (exact) mass is 359 g/mol. The number of fused-ring (bicyclic) bond motifs is 1. The molecule has 0 fully saturated rings. The molecule has 0 saturated carbocycles. The fourth-order valence-corrected chi connectivity index (χ4v) is 3.70. The quantitative estimate of drug-likeness (QED) is 0.780. The number of urea groups is 1. The van der Waals surface area contributed by atoms with Crippen molar-refractivity contribution in [2.45, 2.75) is 40.0 Å². The van der Waals surface area contributed by atoms with Gasteiger partial charge in [-0.1, -0.05) is 63.2 Å². The average Bonchev–Trinajstić information content (AvgIpc) is 2.68. The Bertz CT molecular complexity index is 939. The molecule has 0 aromatic heterocycles. The Balaban J connectivity index is 1.97. The first-order valence-corrected chi connectivity index (χ1v) is 9.41. The van der Waals surface area contributed by atoms with E-state index in [4.69, 9.17) is 0 Å². The zero-order valence-electron chi connectivity index (χ0n) is 16.1. The van der Waals surface area contributed by atoms with Gasteiger partial charge in [0.25, 0.3) is 0 Å². The van der Waals surface area contributed by atoms with Gasteiger partial charge in [0.15, 0.2) is 0 Å². The molecular formula is C23H25N3O. The van der Waals surface area contributed by atoms with Crippen LogP contribution in [0.15, 0.2) is 54.1 Å². The number of benzene rings is 2. The van der Waals surface area contributed by atoms with Gasteiger partial charge in [0.2, 0.25) is 0 Å². The maximum absolute atomic E-state index is 12.8. The number of nitrogens with zero attached hydrogens (tertiary/aromatic N) is 1. The molecule has 0 radical (unpaired) electrons. The number of anilines is 1. The van der Waals surface area contributed by atoms with Crippen molar-refractivity contribution < 1.29 is 4.79 Å². The lowest BCUT2D eigenvalue weighted by Crippen LogP contribution is -2.35. The summed E-state index contributed by atoms with van der Waals surface area (Å²) in [5.41, 5.74) is 4.93. The Kier molecular flexibility index (Phi) is 5.32. The molecule has 1 aliphatic rings. The van der Waals surface area contributed by atoms with Crippen molar-refractivity contribution in [1.29, 1.82) is 5.26 Å². The minimum Gasteiger partial charge on any atom is -0.307 e. The minimum absolute atomic E-state index is 0.285. The molecule has 2 aromatic carbocycles. The minimum atomic E-state index is -0.325. The van der Waals surface area contributed by atoms with Crippen molar-refractivity contribution in [3.8, 4) is 6.07 Å². The van der Waals surface area contributed by atoms with Gasteiger partial charge in [0.05, 0.1) is 17.3 Å². The molecule has 0 unspecified atom stereocenters. The van der Waals surface area contributed by atoms with Gasteiger partial charge in [0.1, 0.15) is 0 Å². The summed E-state index contributed by atoms with van der Waals surface area (Å²) in [5, 5.41) is 15.8. The van der Waals surface area contributed by atoms with Crippen LogP contribution in [-0.4, -0.2) is 6.03 Å². The summed E-state index contributed by atoms with van der Waals surface area (Å²) in [4.78, 5) is 12.8. The Hall–Kier alpha value is -3.06. The summed E-state index contributed by atoms with van der Waals surface area (Å²) >= 11 is 0. The first kappa shape index (κ1) is 18.7. The summed E-state index contributed by atoms with van der Waals surface area (Å²) in [6.45, 7) is 6.23. The van der Waals surface area contributed by atoms with E-state index < -0.39 is 0 Å². The third-order valence-corrected chi connectivity index (χ3v) is 5.50. The van der Waals surface area contributed by atoms with Crippen LogP contribution in [0.4, 0.5) is 10.5 Å². The molecule has 0 spiro atoms. The number of hydrogen-bond acceptors (Lipinski definition) is 2. The maximum atomic E-state index is 12.8. The molecule has 0 aliphatic heterocycles. The van der Waals surface area contributed by atoms with Crippen molar-refractivity contribution in [3.63, 3.8) is 0 Å². The van der Waals surface area contributed by atoms with Crippen LogP contribution >= 0.6 is 0 Å². The number of nitriles is 1. The second-order valence-corrected chi connectivity index (χ2v) is 7.20. The van der Waals surface area contributed by atoms with E-state index in [1.807, 2.05) is 42.5 Å². The Labute approximate surface area is 160 Å². The predicted octanol–water partition coefficient (Wildman–Crippen LogP) is 5.28. The Morgan fingerprint density at radius 2 is 1.81 bits per heavy atom. The molecule has 1 atom stereocenters. The molecule has 1 aliphatic carbocycles. The lowest BCUT2D eigenvalue weighted by atomic mass is 9.69. The number of amides is 2. The molecule has 2 N–H and O–H groups in total. The highest BCUT2D eigenvalue weighted by atomic mass is 16.2. The van der Waals surface area contributed by atoms with E-state index >= 15 is 0 Å². The van der Waals surface area contributed by atoms with E-state index in [-0.39, 0.29) is 11.4 Å². The SMILES string of the molecule is CCc1ccccc1NC(=O)NC1=C(C#N)[C@](C)(CC)Cc2ccccc21. The van der Waals surface area contributed by atoms with E-state index in [1.54, 1.807) is 0 Å². The van der Waals surface area contributed by atoms with Gasteiger partial charge < -0.3 is 10.6 Å². The number of rotatable bonds is 4. The van der Waals surface area contributed by atoms with E-state index in [2.05, 4.69) is 43.5 Å². The smallest absolute Gasteiger partial charge is 0.307 e. The third-order valence-electron chi connectivity index (χ3n) is 5.50. The maximum Gasteiger partial charge on any atom is 0.323 e. The molecule has 0 heterocycles. The number of carbonyl (C=O) groups excluding carboxylic acids is 1. The van der Waals surface area contributed by atoms with Gasteiger partial charge in [0, 0.05) is 16.7 Å². The molecule has 0 bridgehead atoms.